The Balaban J connectivity index is 2.59. The maximum absolute atomic E-state index is 12.0. The van der Waals surface area contributed by atoms with Crippen molar-refractivity contribution in [3.63, 3.8) is 0 Å². The summed E-state index contributed by atoms with van der Waals surface area (Å²) in [5.74, 6) is -0.605. The van der Waals surface area contributed by atoms with Crippen molar-refractivity contribution in [2.24, 2.45) is 5.92 Å². The van der Waals surface area contributed by atoms with Gasteiger partial charge >= 0.3 is 5.97 Å². The highest BCUT2D eigenvalue weighted by atomic mass is 16.7. The van der Waals surface area contributed by atoms with Gasteiger partial charge in [-0.2, -0.15) is 0 Å². The number of amides is 1. The number of esters is 1. The fourth-order valence-corrected chi connectivity index (χ4v) is 2.04. The molecule has 0 spiro atoms. The fourth-order valence-electron chi connectivity index (χ4n) is 2.04. The summed E-state index contributed by atoms with van der Waals surface area (Å²) in [6.07, 6.45) is 1.15. The van der Waals surface area contributed by atoms with E-state index in [2.05, 4.69) is 5.32 Å². The van der Waals surface area contributed by atoms with Crippen molar-refractivity contribution in [1.29, 1.82) is 0 Å². The normalized spacial score (nSPS) is 23.8. The van der Waals surface area contributed by atoms with E-state index in [0.717, 1.165) is 0 Å². The van der Waals surface area contributed by atoms with Crippen molar-refractivity contribution in [1.82, 2.24) is 10.4 Å². The van der Waals surface area contributed by atoms with Crippen LogP contribution < -0.4 is 5.32 Å². The van der Waals surface area contributed by atoms with E-state index in [4.69, 9.17) is 9.57 Å². The second kappa shape index (κ2) is 6.34. The lowest BCUT2D eigenvalue weighted by molar-refractivity contribution is -0.175. The predicted molar refractivity (Wildman–Crippen MR) is 70.1 cm³/mol. The van der Waals surface area contributed by atoms with E-state index >= 15 is 0 Å². The van der Waals surface area contributed by atoms with Gasteiger partial charge in [-0.3, -0.25) is 14.4 Å². The number of piperidine rings is 1. The molecule has 0 aromatic carbocycles. The van der Waals surface area contributed by atoms with Crippen LogP contribution in [0.25, 0.3) is 0 Å². The van der Waals surface area contributed by atoms with Gasteiger partial charge < -0.3 is 10.1 Å². The predicted octanol–water partition coefficient (Wildman–Crippen LogP) is 0.716. The minimum atomic E-state index is -0.515. The zero-order valence-corrected chi connectivity index (χ0v) is 12.4. The fraction of sp³-hybridized carbons (Fsp3) is 0.846. The summed E-state index contributed by atoms with van der Waals surface area (Å²) in [7, 11) is 3.02. The van der Waals surface area contributed by atoms with Crippen LogP contribution in [0, 0.1) is 5.92 Å². The average molecular weight is 272 g/mol. The molecule has 1 heterocycles. The molecule has 1 N–H and O–H groups in total. The number of hydroxylamine groups is 2. The molecule has 0 aliphatic carbocycles. The maximum atomic E-state index is 12.0. The van der Waals surface area contributed by atoms with Gasteiger partial charge in [0.25, 0.3) is 0 Å². The maximum Gasteiger partial charge on any atom is 0.323 e. The molecule has 0 saturated carbocycles. The van der Waals surface area contributed by atoms with E-state index in [-0.39, 0.29) is 17.8 Å². The Labute approximate surface area is 114 Å². The number of nitrogens with zero attached hydrogens (tertiary/aromatic N) is 1. The van der Waals surface area contributed by atoms with Crippen LogP contribution in [0.2, 0.25) is 0 Å². The van der Waals surface area contributed by atoms with Crippen LogP contribution in [0.4, 0.5) is 0 Å². The lowest BCUT2D eigenvalue weighted by Gasteiger charge is -2.31. The van der Waals surface area contributed by atoms with Crippen LogP contribution in [0.5, 0.6) is 0 Å². The topological polar surface area (TPSA) is 67.9 Å². The van der Waals surface area contributed by atoms with E-state index in [9.17, 15) is 9.59 Å². The van der Waals surface area contributed by atoms with E-state index in [1.807, 2.05) is 20.8 Å². The summed E-state index contributed by atoms with van der Waals surface area (Å²) < 4.78 is 5.33. The third-order valence-electron chi connectivity index (χ3n) is 3.03. The molecule has 1 aliphatic rings. The molecule has 0 aromatic rings. The second-order valence-corrected chi connectivity index (χ2v) is 5.78. The van der Waals surface area contributed by atoms with Crippen LogP contribution in [-0.2, 0) is 19.2 Å². The molecule has 2 atom stereocenters. The molecular weight excluding hydrogens is 248 g/mol. The number of hydrogen-bond acceptors (Lipinski definition) is 5. The summed E-state index contributed by atoms with van der Waals surface area (Å²) in [5, 5.41) is 4.31. The Morgan fingerprint density at radius 3 is 2.47 bits per heavy atom. The number of ether oxygens (including phenoxy) is 1. The van der Waals surface area contributed by atoms with Crippen LogP contribution in [0.1, 0.15) is 33.6 Å². The van der Waals surface area contributed by atoms with Crippen molar-refractivity contribution in [3.8, 4) is 0 Å². The van der Waals surface area contributed by atoms with Crippen LogP contribution in [0.15, 0.2) is 0 Å². The highest BCUT2D eigenvalue weighted by Gasteiger charge is 2.34. The first-order valence-corrected chi connectivity index (χ1v) is 6.52. The van der Waals surface area contributed by atoms with E-state index in [1.54, 1.807) is 7.05 Å². The zero-order valence-electron chi connectivity index (χ0n) is 12.4. The molecule has 0 radical (unpaired) electrons. The van der Waals surface area contributed by atoms with Crippen molar-refractivity contribution < 1.29 is 19.2 Å². The van der Waals surface area contributed by atoms with Gasteiger partial charge in [0, 0.05) is 13.0 Å². The van der Waals surface area contributed by atoms with Crippen molar-refractivity contribution in [2.45, 2.75) is 45.3 Å². The number of carbonyl (C=O) groups excluding carboxylic acids is 2. The van der Waals surface area contributed by atoms with Crippen LogP contribution >= 0.6 is 0 Å². The third-order valence-corrected chi connectivity index (χ3v) is 3.03. The first-order chi connectivity index (χ1) is 8.74. The van der Waals surface area contributed by atoms with E-state index < -0.39 is 11.6 Å². The van der Waals surface area contributed by atoms with Crippen LogP contribution in [0.3, 0.4) is 0 Å². The first-order valence-electron chi connectivity index (χ1n) is 6.52. The first kappa shape index (κ1) is 15.9. The SMILES string of the molecule is CON(C)C(=O)C1CCNC(C(=O)OC(C)(C)C)C1. The lowest BCUT2D eigenvalue weighted by Crippen LogP contribution is -2.49. The molecule has 1 rings (SSSR count). The molecule has 1 fully saturated rings. The highest BCUT2D eigenvalue weighted by molar-refractivity contribution is 5.81. The number of nitrogens with one attached hydrogen (secondary N) is 1. The molecule has 1 amide bonds. The van der Waals surface area contributed by atoms with Crippen LogP contribution in [-0.4, -0.2) is 49.3 Å². The van der Waals surface area contributed by atoms with Gasteiger partial charge in [0.2, 0.25) is 5.91 Å². The molecule has 0 aromatic heterocycles. The van der Waals surface area contributed by atoms with Gasteiger partial charge in [-0.1, -0.05) is 0 Å². The Hall–Kier alpha value is -1.14. The molecule has 2 unspecified atom stereocenters. The van der Waals surface area contributed by atoms with Crippen molar-refractivity contribution in [3.05, 3.63) is 0 Å². The Bertz CT molecular complexity index is 338. The summed E-state index contributed by atoms with van der Waals surface area (Å²) in [4.78, 5) is 28.9. The highest BCUT2D eigenvalue weighted by Crippen LogP contribution is 2.21. The summed E-state index contributed by atoms with van der Waals surface area (Å²) in [6, 6.07) is -0.424. The number of rotatable bonds is 3. The smallest absolute Gasteiger partial charge is 0.323 e. The van der Waals surface area contributed by atoms with Gasteiger partial charge in [0.1, 0.15) is 11.6 Å². The largest absolute Gasteiger partial charge is 0.459 e. The summed E-state index contributed by atoms with van der Waals surface area (Å²) in [6.45, 7) is 6.11. The van der Waals surface area contributed by atoms with Gasteiger partial charge in [-0.25, -0.2) is 5.06 Å². The van der Waals surface area contributed by atoms with E-state index in [1.165, 1.54) is 12.2 Å². The zero-order chi connectivity index (χ0) is 14.6. The minimum Gasteiger partial charge on any atom is -0.459 e. The van der Waals surface area contributed by atoms with Gasteiger partial charge in [0.15, 0.2) is 0 Å². The molecule has 19 heavy (non-hydrogen) atoms. The Morgan fingerprint density at radius 1 is 1.32 bits per heavy atom. The summed E-state index contributed by atoms with van der Waals surface area (Å²) >= 11 is 0. The number of hydrogen-bond donors (Lipinski definition) is 1. The minimum absolute atomic E-state index is 0.0995. The quantitative estimate of drug-likeness (QED) is 0.605. The molecule has 0 bridgehead atoms. The molecule has 1 saturated heterocycles. The molecule has 6 heteroatoms. The van der Waals surface area contributed by atoms with Gasteiger partial charge in [-0.05, 0) is 40.2 Å². The lowest BCUT2D eigenvalue weighted by atomic mass is 9.91. The Kier molecular flexibility index (Phi) is 5.31. The number of carbonyl (C=O) groups is 2. The molecule has 1 aliphatic heterocycles. The summed E-state index contributed by atoms with van der Waals surface area (Å²) in [5.41, 5.74) is -0.515. The Morgan fingerprint density at radius 2 is 1.95 bits per heavy atom. The molecule has 110 valence electrons. The molecular formula is C13H24N2O4. The van der Waals surface area contributed by atoms with Gasteiger partial charge in [0.05, 0.1) is 7.11 Å². The second-order valence-electron chi connectivity index (χ2n) is 5.78. The van der Waals surface area contributed by atoms with Crippen molar-refractivity contribution in [2.75, 3.05) is 20.7 Å². The van der Waals surface area contributed by atoms with Gasteiger partial charge in [-0.15, -0.1) is 0 Å². The molecule has 6 nitrogen and oxygen atoms in total. The average Bonchev–Trinajstić information content (AvgIpc) is 2.35. The third kappa shape index (κ3) is 4.80. The monoisotopic (exact) mass is 272 g/mol. The standard InChI is InChI=1S/C13H24N2O4/c1-13(2,3)19-12(17)10-8-9(6-7-14-10)11(16)15(4)18-5/h9-10,14H,6-8H2,1-5H3. The van der Waals surface area contributed by atoms with Crippen molar-refractivity contribution >= 4 is 11.9 Å². The van der Waals surface area contributed by atoms with E-state index in [0.29, 0.717) is 19.4 Å².